The van der Waals surface area contributed by atoms with E-state index in [1.54, 1.807) is 7.05 Å². The fourth-order valence-electron chi connectivity index (χ4n) is 2.23. The highest BCUT2D eigenvalue weighted by molar-refractivity contribution is 5.97. The SMILES string of the molecule is CNC(=O)CCn1cc2c(c1)C(=O)CCCC2. The Morgan fingerprint density at radius 2 is 2.12 bits per heavy atom. The molecule has 0 saturated carbocycles. The third kappa shape index (κ3) is 2.75. The monoisotopic (exact) mass is 234 g/mol. The lowest BCUT2D eigenvalue weighted by Gasteiger charge is -2.01. The highest BCUT2D eigenvalue weighted by atomic mass is 16.1. The van der Waals surface area contributed by atoms with Crippen LogP contribution in [-0.2, 0) is 17.8 Å². The Hall–Kier alpha value is -1.58. The van der Waals surface area contributed by atoms with Gasteiger partial charge in [-0.2, -0.15) is 0 Å². The Balaban J connectivity index is 2.08. The number of hydrogen-bond acceptors (Lipinski definition) is 2. The van der Waals surface area contributed by atoms with Crippen LogP contribution in [0.1, 0.15) is 41.6 Å². The molecule has 1 aliphatic rings. The summed E-state index contributed by atoms with van der Waals surface area (Å²) in [6.07, 6.45) is 8.08. The summed E-state index contributed by atoms with van der Waals surface area (Å²) in [5.41, 5.74) is 2.00. The zero-order chi connectivity index (χ0) is 12.3. The van der Waals surface area contributed by atoms with Gasteiger partial charge in [-0.3, -0.25) is 9.59 Å². The average molecular weight is 234 g/mol. The van der Waals surface area contributed by atoms with E-state index in [9.17, 15) is 9.59 Å². The minimum atomic E-state index is 0.0280. The molecule has 0 aliphatic heterocycles. The summed E-state index contributed by atoms with van der Waals surface area (Å²) < 4.78 is 1.96. The first-order valence-electron chi connectivity index (χ1n) is 6.13. The molecule has 0 spiro atoms. The third-order valence-corrected chi connectivity index (χ3v) is 3.24. The second kappa shape index (κ2) is 5.17. The van der Waals surface area contributed by atoms with Crippen LogP contribution in [0, 0.1) is 0 Å². The maximum absolute atomic E-state index is 11.8. The number of ketones is 1. The smallest absolute Gasteiger partial charge is 0.221 e. The van der Waals surface area contributed by atoms with E-state index in [2.05, 4.69) is 5.32 Å². The number of aromatic nitrogens is 1. The molecular weight excluding hydrogens is 216 g/mol. The number of carbonyl (C=O) groups excluding carboxylic acids is 2. The molecular formula is C13H18N2O2. The van der Waals surface area contributed by atoms with Crippen molar-refractivity contribution in [2.45, 2.75) is 38.6 Å². The summed E-state index contributed by atoms with van der Waals surface area (Å²) in [4.78, 5) is 23.0. The Bertz CT molecular complexity index is 435. The summed E-state index contributed by atoms with van der Waals surface area (Å²) >= 11 is 0. The number of aryl methyl sites for hydroxylation is 2. The van der Waals surface area contributed by atoms with Gasteiger partial charge in [0.05, 0.1) is 0 Å². The van der Waals surface area contributed by atoms with Gasteiger partial charge in [0.2, 0.25) is 5.91 Å². The number of rotatable bonds is 3. The lowest BCUT2D eigenvalue weighted by atomic mass is 10.1. The first-order chi connectivity index (χ1) is 8.20. The van der Waals surface area contributed by atoms with Crippen molar-refractivity contribution in [3.05, 3.63) is 23.5 Å². The van der Waals surface area contributed by atoms with Crippen LogP contribution in [0.4, 0.5) is 0 Å². The molecule has 0 fully saturated rings. The van der Waals surface area contributed by atoms with E-state index in [0.717, 1.165) is 30.4 Å². The Labute approximate surface area is 101 Å². The number of hydrogen-bond donors (Lipinski definition) is 1. The number of Topliss-reactive ketones (excluding diaryl/α,β-unsaturated/α-hetero) is 1. The van der Waals surface area contributed by atoms with Crippen molar-refractivity contribution in [2.75, 3.05) is 7.05 Å². The number of nitrogens with zero attached hydrogens (tertiary/aromatic N) is 1. The summed E-state index contributed by atoms with van der Waals surface area (Å²) in [6, 6.07) is 0. The molecule has 1 aromatic rings. The Morgan fingerprint density at radius 1 is 1.35 bits per heavy atom. The molecule has 2 rings (SSSR count). The fraction of sp³-hybridized carbons (Fsp3) is 0.538. The minimum absolute atomic E-state index is 0.0280. The van der Waals surface area contributed by atoms with Gasteiger partial charge in [0, 0.05) is 44.4 Å². The van der Waals surface area contributed by atoms with E-state index < -0.39 is 0 Å². The van der Waals surface area contributed by atoms with Gasteiger partial charge in [-0.25, -0.2) is 0 Å². The van der Waals surface area contributed by atoms with Crippen LogP contribution < -0.4 is 5.32 Å². The molecule has 92 valence electrons. The van der Waals surface area contributed by atoms with Gasteiger partial charge in [0.25, 0.3) is 0 Å². The molecule has 1 heterocycles. The van der Waals surface area contributed by atoms with Crippen molar-refractivity contribution in [1.82, 2.24) is 9.88 Å². The molecule has 0 aromatic carbocycles. The van der Waals surface area contributed by atoms with Crippen LogP contribution in [0.25, 0.3) is 0 Å². The van der Waals surface area contributed by atoms with Crippen molar-refractivity contribution in [1.29, 1.82) is 0 Å². The molecule has 4 nitrogen and oxygen atoms in total. The van der Waals surface area contributed by atoms with Crippen LogP contribution in [0.2, 0.25) is 0 Å². The van der Waals surface area contributed by atoms with Gasteiger partial charge in [-0.05, 0) is 24.8 Å². The first kappa shape index (κ1) is 11.9. The fourth-order valence-corrected chi connectivity index (χ4v) is 2.23. The summed E-state index contributed by atoms with van der Waals surface area (Å²) in [5, 5.41) is 2.60. The molecule has 1 amide bonds. The van der Waals surface area contributed by atoms with Crippen molar-refractivity contribution in [2.24, 2.45) is 0 Å². The zero-order valence-corrected chi connectivity index (χ0v) is 10.2. The van der Waals surface area contributed by atoms with Crippen LogP contribution >= 0.6 is 0 Å². The summed E-state index contributed by atoms with van der Waals surface area (Å²) in [6.45, 7) is 0.639. The number of nitrogens with one attached hydrogen (secondary N) is 1. The molecule has 0 saturated heterocycles. The predicted octanol–water partition coefficient (Wildman–Crippen LogP) is 1.53. The normalized spacial score (nSPS) is 15.2. The van der Waals surface area contributed by atoms with Crippen LogP contribution in [0.5, 0.6) is 0 Å². The number of carbonyl (C=O) groups is 2. The maximum Gasteiger partial charge on any atom is 0.221 e. The van der Waals surface area contributed by atoms with Gasteiger partial charge in [-0.15, -0.1) is 0 Å². The Morgan fingerprint density at radius 3 is 2.88 bits per heavy atom. The largest absolute Gasteiger partial charge is 0.359 e. The second-order valence-electron chi connectivity index (χ2n) is 4.49. The molecule has 0 radical (unpaired) electrons. The summed E-state index contributed by atoms with van der Waals surface area (Å²) in [5.74, 6) is 0.274. The lowest BCUT2D eigenvalue weighted by molar-refractivity contribution is -0.120. The van der Waals surface area contributed by atoms with Gasteiger partial charge in [0.1, 0.15) is 0 Å². The average Bonchev–Trinajstić information content (AvgIpc) is 2.67. The molecule has 17 heavy (non-hydrogen) atoms. The van der Waals surface area contributed by atoms with Gasteiger partial charge in [-0.1, -0.05) is 0 Å². The predicted molar refractivity (Wildman–Crippen MR) is 65.0 cm³/mol. The molecule has 1 N–H and O–H groups in total. The van der Waals surface area contributed by atoms with E-state index in [-0.39, 0.29) is 11.7 Å². The van der Waals surface area contributed by atoms with Crippen LogP contribution in [0.15, 0.2) is 12.4 Å². The Kier molecular flexibility index (Phi) is 3.61. The summed E-state index contributed by atoms with van der Waals surface area (Å²) in [7, 11) is 1.64. The van der Waals surface area contributed by atoms with Gasteiger partial charge >= 0.3 is 0 Å². The molecule has 0 unspecified atom stereocenters. The molecule has 4 heteroatoms. The minimum Gasteiger partial charge on any atom is -0.359 e. The molecule has 0 atom stereocenters. The highest BCUT2D eigenvalue weighted by Crippen LogP contribution is 2.21. The topological polar surface area (TPSA) is 51.1 Å². The quantitative estimate of drug-likeness (QED) is 0.806. The standard InChI is InChI=1S/C13H18N2O2/c1-14-13(17)6-7-15-8-10-4-2-3-5-12(16)11(10)9-15/h8-9H,2-7H2,1H3,(H,14,17). The van der Waals surface area contributed by atoms with E-state index in [1.165, 1.54) is 0 Å². The lowest BCUT2D eigenvalue weighted by Crippen LogP contribution is -2.19. The van der Waals surface area contributed by atoms with E-state index in [0.29, 0.717) is 19.4 Å². The highest BCUT2D eigenvalue weighted by Gasteiger charge is 2.17. The third-order valence-electron chi connectivity index (χ3n) is 3.24. The molecule has 1 aromatic heterocycles. The van der Waals surface area contributed by atoms with Gasteiger partial charge < -0.3 is 9.88 Å². The van der Waals surface area contributed by atoms with E-state index in [4.69, 9.17) is 0 Å². The van der Waals surface area contributed by atoms with Crippen molar-refractivity contribution in [3.8, 4) is 0 Å². The van der Waals surface area contributed by atoms with Crippen LogP contribution in [-0.4, -0.2) is 23.3 Å². The van der Waals surface area contributed by atoms with Gasteiger partial charge in [0.15, 0.2) is 5.78 Å². The van der Waals surface area contributed by atoms with Crippen molar-refractivity contribution >= 4 is 11.7 Å². The molecule has 0 bridgehead atoms. The zero-order valence-electron chi connectivity index (χ0n) is 10.2. The first-order valence-corrected chi connectivity index (χ1v) is 6.13. The number of amides is 1. The second-order valence-corrected chi connectivity index (χ2v) is 4.49. The number of fused-ring (bicyclic) bond motifs is 1. The van der Waals surface area contributed by atoms with E-state index in [1.807, 2.05) is 17.0 Å². The van der Waals surface area contributed by atoms with Crippen molar-refractivity contribution < 1.29 is 9.59 Å². The van der Waals surface area contributed by atoms with Crippen LogP contribution in [0.3, 0.4) is 0 Å². The molecule has 1 aliphatic carbocycles. The van der Waals surface area contributed by atoms with Crippen molar-refractivity contribution in [3.63, 3.8) is 0 Å². The van der Waals surface area contributed by atoms with E-state index >= 15 is 0 Å². The maximum atomic E-state index is 11.8.